The summed E-state index contributed by atoms with van der Waals surface area (Å²) >= 11 is 0. The van der Waals surface area contributed by atoms with Crippen molar-refractivity contribution in [2.45, 2.75) is 27.3 Å². The van der Waals surface area contributed by atoms with Crippen molar-refractivity contribution in [1.82, 2.24) is 4.57 Å². The van der Waals surface area contributed by atoms with Crippen molar-refractivity contribution >= 4 is 22.7 Å². The van der Waals surface area contributed by atoms with Crippen LogP contribution in [0.3, 0.4) is 0 Å². The van der Waals surface area contributed by atoms with E-state index in [9.17, 15) is 9.59 Å². The number of hydrogen-bond donors (Lipinski definition) is 1. The first-order valence-corrected chi connectivity index (χ1v) is 5.73. The van der Waals surface area contributed by atoms with E-state index in [0.29, 0.717) is 5.56 Å². The number of carbonyl (C=O) groups is 2. The number of ketones is 1. The predicted octanol–water partition coefficient (Wildman–Crippen LogP) is 2.55. The fourth-order valence-corrected chi connectivity index (χ4v) is 2.36. The SMILES string of the molecule is CC(=O)c1cn(CC(=O)O)c2cc(C)cc(C)c12. The molecule has 4 nitrogen and oxygen atoms in total. The van der Waals surface area contributed by atoms with Crippen LogP contribution in [0, 0.1) is 13.8 Å². The maximum absolute atomic E-state index is 11.6. The first-order valence-electron chi connectivity index (χ1n) is 5.73. The van der Waals surface area contributed by atoms with E-state index in [2.05, 4.69) is 0 Å². The summed E-state index contributed by atoms with van der Waals surface area (Å²) in [5.74, 6) is -0.961. The van der Waals surface area contributed by atoms with Gasteiger partial charge < -0.3 is 9.67 Å². The van der Waals surface area contributed by atoms with Gasteiger partial charge in [-0.05, 0) is 38.0 Å². The van der Waals surface area contributed by atoms with E-state index < -0.39 is 5.97 Å². The van der Waals surface area contributed by atoms with E-state index in [1.807, 2.05) is 26.0 Å². The normalized spacial score (nSPS) is 10.8. The van der Waals surface area contributed by atoms with Crippen LogP contribution in [-0.4, -0.2) is 21.4 Å². The average Bonchev–Trinajstić information content (AvgIpc) is 2.56. The number of nitrogens with zero attached hydrogens (tertiary/aromatic N) is 1. The van der Waals surface area contributed by atoms with Gasteiger partial charge in [0.2, 0.25) is 0 Å². The van der Waals surface area contributed by atoms with Gasteiger partial charge in [-0.3, -0.25) is 9.59 Å². The van der Waals surface area contributed by atoms with Gasteiger partial charge in [0.1, 0.15) is 6.54 Å². The number of carboxylic acids is 1. The fourth-order valence-electron chi connectivity index (χ4n) is 2.36. The number of benzene rings is 1. The summed E-state index contributed by atoms with van der Waals surface area (Å²) in [6, 6.07) is 3.91. The molecular weight excluding hydrogens is 230 g/mol. The van der Waals surface area contributed by atoms with E-state index in [-0.39, 0.29) is 12.3 Å². The molecule has 0 aliphatic rings. The number of rotatable bonds is 3. The zero-order chi connectivity index (χ0) is 13.4. The van der Waals surface area contributed by atoms with Crippen LogP contribution >= 0.6 is 0 Å². The molecule has 0 bridgehead atoms. The Morgan fingerprint density at radius 1 is 1.28 bits per heavy atom. The molecule has 0 saturated heterocycles. The van der Waals surface area contributed by atoms with Crippen molar-refractivity contribution < 1.29 is 14.7 Å². The van der Waals surface area contributed by atoms with Crippen LogP contribution in [0.5, 0.6) is 0 Å². The monoisotopic (exact) mass is 245 g/mol. The lowest BCUT2D eigenvalue weighted by molar-refractivity contribution is -0.137. The Bertz CT molecular complexity index is 653. The van der Waals surface area contributed by atoms with Crippen LogP contribution in [0.25, 0.3) is 10.9 Å². The Morgan fingerprint density at radius 2 is 1.94 bits per heavy atom. The molecule has 0 atom stereocenters. The molecule has 1 aromatic carbocycles. The van der Waals surface area contributed by atoms with Crippen molar-refractivity contribution in [3.8, 4) is 0 Å². The highest BCUT2D eigenvalue weighted by Gasteiger charge is 2.15. The molecule has 1 N–H and O–H groups in total. The summed E-state index contributed by atoms with van der Waals surface area (Å²) in [5.41, 5.74) is 3.45. The summed E-state index contributed by atoms with van der Waals surface area (Å²) in [6.07, 6.45) is 1.63. The first kappa shape index (κ1) is 12.4. The molecule has 1 heterocycles. The quantitative estimate of drug-likeness (QED) is 0.845. The minimum absolute atomic E-state index is 0.0453. The van der Waals surface area contributed by atoms with Crippen molar-refractivity contribution in [3.05, 3.63) is 35.0 Å². The van der Waals surface area contributed by atoms with Gasteiger partial charge in [-0.25, -0.2) is 0 Å². The smallest absolute Gasteiger partial charge is 0.323 e. The van der Waals surface area contributed by atoms with E-state index in [1.165, 1.54) is 6.92 Å². The third-order valence-corrected chi connectivity index (χ3v) is 3.01. The van der Waals surface area contributed by atoms with Crippen LogP contribution in [0.1, 0.15) is 28.4 Å². The van der Waals surface area contributed by atoms with Gasteiger partial charge >= 0.3 is 5.97 Å². The summed E-state index contributed by atoms with van der Waals surface area (Å²) in [7, 11) is 0. The Morgan fingerprint density at radius 3 is 2.50 bits per heavy atom. The molecule has 0 fully saturated rings. The number of aromatic nitrogens is 1. The van der Waals surface area contributed by atoms with Crippen LogP contribution in [0.4, 0.5) is 0 Å². The maximum atomic E-state index is 11.6. The maximum Gasteiger partial charge on any atom is 0.323 e. The van der Waals surface area contributed by atoms with Crippen LogP contribution < -0.4 is 0 Å². The molecular formula is C14H15NO3. The summed E-state index contributed by atoms with van der Waals surface area (Å²) < 4.78 is 1.62. The molecule has 0 radical (unpaired) electrons. The molecule has 2 aromatic rings. The molecule has 0 amide bonds. The van der Waals surface area contributed by atoms with E-state index in [1.54, 1.807) is 10.8 Å². The molecule has 0 aliphatic carbocycles. The molecule has 1 aromatic heterocycles. The van der Waals surface area contributed by atoms with E-state index >= 15 is 0 Å². The number of hydrogen-bond acceptors (Lipinski definition) is 2. The average molecular weight is 245 g/mol. The Kier molecular flexibility index (Phi) is 2.95. The zero-order valence-corrected chi connectivity index (χ0v) is 10.7. The van der Waals surface area contributed by atoms with Gasteiger partial charge in [0.15, 0.2) is 5.78 Å². The molecule has 4 heteroatoms. The number of aryl methyl sites for hydroxylation is 2. The molecule has 0 unspecified atom stereocenters. The van der Waals surface area contributed by atoms with E-state index in [0.717, 1.165) is 22.0 Å². The van der Waals surface area contributed by atoms with E-state index in [4.69, 9.17) is 5.11 Å². The zero-order valence-electron chi connectivity index (χ0n) is 10.7. The standard InChI is InChI=1S/C14H15NO3/c1-8-4-9(2)14-11(10(3)16)6-15(7-13(17)18)12(14)5-8/h4-6H,7H2,1-3H3,(H,17,18). The van der Waals surface area contributed by atoms with Crippen LogP contribution in [0.2, 0.25) is 0 Å². The third kappa shape index (κ3) is 2.01. The van der Waals surface area contributed by atoms with Crippen molar-refractivity contribution in [2.24, 2.45) is 0 Å². The van der Waals surface area contributed by atoms with Gasteiger partial charge in [0.25, 0.3) is 0 Å². The summed E-state index contributed by atoms with van der Waals surface area (Å²) in [4.78, 5) is 22.5. The minimum atomic E-state index is -0.916. The lowest BCUT2D eigenvalue weighted by atomic mass is 10.0. The van der Waals surface area contributed by atoms with Gasteiger partial charge in [-0.1, -0.05) is 6.07 Å². The molecule has 0 spiro atoms. The second kappa shape index (κ2) is 4.29. The first-order chi connectivity index (χ1) is 8.40. The van der Waals surface area contributed by atoms with Crippen molar-refractivity contribution in [3.63, 3.8) is 0 Å². The van der Waals surface area contributed by atoms with Gasteiger partial charge in [-0.2, -0.15) is 0 Å². The topological polar surface area (TPSA) is 59.3 Å². The summed E-state index contributed by atoms with van der Waals surface area (Å²) in [6.45, 7) is 5.26. The Balaban J connectivity index is 2.80. The van der Waals surface area contributed by atoms with Crippen LogP contribution in [-0.2, 0) is 11.3 Å². The van der Waals surface area contributed by atoms with Gasteiger partial charge in [0.05, 0.1) is 0 Å². The van der Waals surface area contributed by atoms with Crippen LogP contribution in [0.15, 0.2) is 18.3 Å². The van der Waals surface area contributed by atoms with Gasteiger partial charge in [0, 0.05) is 22.7 Å². The third-order valence-electron chi connectivity index (χ3n) is 3.01. The van der Waals surface area contributed by atoms with Crippen molar-refractivity contribution in [2.75, 3.05) is 0 Å². The van der Waals surface area contributed by atoms with Gasteiger partial charge in [-0.15, -0.1) is 0 Å². The molecule has 0 saturated carbocycles. The Labute approximate surface area is 105 Å². The molecule has 94 valence electrons. The largest absolute Gasteiger partial charge is 0.480 e. The minimum Gasteiger partial charge on any atom is -0.480 e. The number of fused-ring (bicyclic) bond motifs is 1. The second-order valence-corrected chi connectivity index (χ2v) is 4.60. The lowest BCUT2D eigenvalue weighted by Crippen LogP contribution is -2.07. The number of aliphatic carboxylic acids is 1. The highest BCUT2D eigenvalue weighted by atomic mass is 16.4. The fraction of sp³-hybridized carbons (Fsp3) is 0.286. The number of Topliss-reactive ketones (excluding diaryl/α,β-unsaturated/α-hetero) is 1. The Hall–Kier alpha value is -2.10. The number of carboxylic acid groups (broad SMARTS) is 1. The summed E-state index contributed by atoms with van der Waals surface area (Å²) in [5, 5.41) is 9.76. The predicted molar refractivity (Wildman–Crippen MR) is 69.1 cm³/mol. The molecule has 18 heavy (non-hydrogen) atoms. The molecule has 2 rings (SSSR count). The molecule has 0 aliphatic heterocycles. The lowest BCUT2D eigenvalue weighted by Gasteiger charge is -2.04. The number of carbonyl (C=O) groups excluding carboxylic acids is 1. The van der Waals surface area contributed by atoms with Crippen molar-refractivity contribution in [1.29, 1.82) is 0 Å². The second-order valence-electron chi connectivity index (χ2n) is 4.60. The highest BCUT2D eigenvalue weighted by Crippen LogP contribution is 2.26. The highest BCUT2D eigenvalue weighted by molar-refractivity contribution is 6.08.